The van der Waals surface area contributed by atoms with E-state index in [1.54, 1.807) is 31.2 Å². The van der Waals surface area contributed by atoms with E-state index < -0.39 is 10.3 Å². The minimum absolute atomic E-state index is 0.343. The summed E-state index contributed by atoms with van der Waals surface area (Å²) in [6, 6.07) is 6.89. The zero-order chi connectivity index (χ0) is 9.47. The molecule has 0 atom stereocenters. The molecular formula is C8H7NO3S. The Balaban J connectivity index is 2.68. The molecule has 0 bridgehead atoms. The molecule has 0 unspecified atom stereocenters. The van der Waals surface area contributed by atoms with Gasteiger partial charge in [-0.25, -0.2) is 0 Å². The van der Waals surface area contributed by atoms with Crippen molar-refractivity contribution in [3.8, 4) is 5.75 Å². The van der Waals surface area contributed by atoms with Crippen molar-refractivity contribution in [2.24, 2.45) is 4.40 Å². The number of fused-ring (bicyclic) bond motifs is 1. The van der Waals surface area contributed by atoms with Crippen molar-refractivity contribution >= 4 is 16.0 Å². The third kappa shape index (κ3) is 1.42. The Morgan fingerprint density at radius 1 is 1.31 bits per heavy atom. The zero-order valence-electron chi connectivity index (χ0n) is 6.89. The molecule has 4 nitrogen and oxygen atoms in total. The number of hydrogen-bond acceptors (Lipinski definition) is 3. The number of hydrogen-bond donors (Lipinski definition) is 0. The van der Waals surface area contributed by atoms with Gasteiger partial charge >= 0.3 is 10.3 Å². The Morgan fingerprint density at radius 3 is 2.77 bits per heavy atom. The first-order chi connectivity index (χ1) is 6.08. The highest BCUT2D eigenvalue weighted by atomic mass is 32.2. The Morgan fingerprint density at radius 2 is 2.00 bits per heavy atom. The van der Waals surface area contributed by atoms with Crippen LogP contribution in [-0.2, 0) is 10.3 Å². The molecule has 1 aromatic carbocycles. The maximum absolute atomic E-state index is 11.0. The van der Waals surface area contributed by atoms with E-state index in [1.165, 1.54) is 0 Å². The zero-order valence-corrected chi connectivity index (χ0v) is 7.71. The van der Waals surface area contributed by atoms with Crippen molar-refractivity contribution in [3.05, 3.63) is 29.8 Å². The van der Waals surface area contributed by atoms with Gasteiger partial charge in [0.25, 0.3) is 0 Å². The van der Waals surface area contributed by atoms with Crippen molar-refractivity contribution in [2.75, 3.05) is 0 Å². The van der Waals surface area contributed by atoms with Gasteiger partial charge in [-0.2, -0.15) is 8.42 Å². The largest absolute Gasteiger partial charge is 0.428 e. The van der Waals surface area contributed by atoms with E-state index in [-0.39, 0.29) is 0 Å². The average Bonchev–Trinajstić information content (AvgIpc) is 2.02. The molecule has 0 saturated heterocycles. The standard InChI is InChI=1S/C8H7NO3S/c1-6-7-4-2-3-5-8(7)12-13(10,11)9-6/h2-5H,1H3. The molecule has 0 saturated carbocycles. The van der Waals surface area contributed by atoms with Gasteiger partial charge in [0, 0.05) is 5.56 Å². The molecule has 1 heterocycles. The molecule has 1 aromatic rings. The van der Waals surface area contributed by atoms with E-state index in [0.29, 0.717) is 11.5 Å². The van der Waals surface area contributed by atoms with Crippen molar-refractivity contribution in [1.82, 2.24) is 0 Å². The first-order valence-corrected chi connectivity index (χ1v) is 5.05. The van der Waals surface area contributed by atoms with Crippen molar-refractivity contribution < 1.29 is 12.6 Å². The molecule has 0 spiro atoms. The van der Waals surface area contributed by atoms with Crippen LogP contribution in [0.2, 0.25) is 0 Å². The van der Waals surface area contributed by atoms with Crippen LogP contribution in [0.25, 0.3) is 0 Å². The molecule has 13 heavy (non-hydrogen) atoms. The maximum Gasteiger partial charge on any atom is 0.428 e. The van der Waals surface area contributed by atoms with Gasteiger partial charge in [-0.05, 0) is 19.1 Å². The Bertz CT molecular complexity index is 476. The summed E-state index contributed by atoms with van der Waals surface area (Å²) < 4.78 is 30.1. The Hall–Kier alpha value is -1.36. The van der Waals surface area contributed by atoms with Crippen LogP contribution in [0.4, 0.5) is 0 Å². The summed E-state index contributed by atoms with van der Waals surface area (Å²) in [4.78, 5) is 0. The van der Waals surface area contributed by atoms with Crippen LogP contribution in [0.15, 0.2) is 28.7 Å². The minimum atomic E-state index is -3.76. The topological polar surface area (TPSA) is 55.7 Å². The first-order valence-electron chi connectivity index (χ1n) is 3.69. The second kappa shape index (κ2) is 2.56. The summed E-state index contributed by atoms with van der Waals surface area (Å²) in [7, 11) is -3.76. The van der Waals surface area contributed by atoms with Gasteiger partial charge in [0.1, 0.15) is 0 Å². The normalized spacial score (nSPS) is 18.4. The number of benzene rings is 1. The molecule has 0 aliphatic carbocycles. The first kappa shape index (κ1) is 8.25. The van der Waals surface area contributed by atoms with E-state index >= 15 is 0 Å². The summed E-state index contributed by atoms with van der Waals surface area (Å²) in [5, 5.41) is 0. The fourth-order valence-corrected chi connectivity index (χ4v) is 2.03. The fraction of sp³-hybridized carbons (Fsp3) is 0.125. The fourth-order valence-electron chi connectivity index (χ4n) is 1.19. The van der Waals surface area contributed by atoms with E-state index in [9.17, 15) is 8.42 Å². The van der Waals surface area contributed by atoms with E-state index in [0.717, 1.165) is 5.56 Å². The third-order valence-corrected chi connectivity index (χ3v) is 2.61. The lowest BCUT2D eigenvalue weighted by Gasteiger charge is -2.13. The number of rotatable bonds is 0. The molecular weight excluding hydrogens is 190 g/mol. The summed E-state index contributed by atoms with van der Waals surface area (Å²) in [6.07, 6.45) is 0. The van der Waals surface area contributed by atoms with Crippen LogP contribution in [0, 0.1) is 0 Å². The lowest BCUT2D eigenvalue weighted by Crippen LogP contribution is -2.16. The van der Waals surface area contributed by atoms with E-state index in [1.807, 2.05) is 0 Å². The molecule has 68 valence electrons. The second-order valence-corrected chi connectivity index (χ2v) is 3.89. The molecule has 2 rings (SSSR count). The molecule has 0 N–H and O–H groups in total. The monoisotopic (exact) mass is 197 g/mol. The predicted octanol–water partition coefficient (Wildman–Crippen LogP) is 1.13. The molecule has 0 fully saturated rings. The van der Waals surface area contributed by atoms with Crippen LogP contribution >= 0.6 is 0 Å². The van der Waals surface area contributed by atoms with Crippen LogP contribution in [0.1, 0.15) is 12.5 Å². The van der Waals surface area contributed by atoms with Crippen molar-refractivity contribution in [1.29, 1.82) is 0 Å². The van der Waals surface area contributed by atoms with Gasteiger partial charge in [-0.15, -0.1) is 4.40 Å². The summed E-state index contributed by atoms with van der Waals surface area (Å²) in [6.45, 7) is 1.64. The van der Waals surface area contributed by atoms with Gasteiger partial charge in [0.2, 0.25) is 0 Å². The number of para-hydroxylation sites is 1. The number of nitrogens with zero attached hydrogens (tertiary/aromatic N) is 1. The maximum atomic E-state index is 11.0. The summed E-state index contributed by atoms with van der Waals surface area (Å²) in [5.74, 6) is 0.343. The molecule has 5 heteroatoms. The lowest BCUT2D eigenvalue weighted by molar-refractivity contribution is 0.485. The van der Waals surface area contributed by atoms with Gasteiger partial charge in [0.15, 0.2) is 5.75 Å². The molecule has 0 amide bonds. The van der Waals surface area contributed by atoms with Gasteiger partial charge in [-0.1, -0.05) is 12.1 Å². The molecule has 1 aliphatic rings. The van der Waals surface area contributed by atoms with Gasteiger partial charge < -0.3 is 4.18 Å². The molecule has 0 aromatic heterocycles. The van der Waals surface area contributed by atoms with E-state index in [2.05, 4.69) is 8.58 Å². The predicted molar refractivity (Wildman–Crippen MR) is 48.2 cm³/mol. The van der Waals surface area contributed by atoms with Crippen LogP contribution in [0.5, 0.6) is 5.75 Å². The molecule has 0 radical (unpaired) electrons. The minimum Gasteiger partial charge on any atom is -0.365 e. The molecule has 1 aliphatic heterocycles. The highest BCUT2D eigenvalue weighted by Crippen LogP contribution is 2.25. The highest BCUT2D eigenvalue weighted by molar-refractivity contribution is 7.86. The van der Waals surface area contributed by atoms with Gasteiger partial charge in [0.05, 0.1) is 5.71 Å². The van der Waals surface area contributed by atoms with Crippen LogP contribution in [0.3, 0.4) is 0 Å². The third-order valence-electron chi connectivity index (χ3n) is 1.72. The van der Waals surface area contributed by atoms with Crippen LogP contribution in [-0.4, -0.2) is 14.1 Å². The van der Waals surface area contributed by atoms with Crippen molar-refractivity contribution in [2.45, 2.75) is 6.92 Å². The SMILES string of the molecule is CC1=NS(=O)(=O)Oc2ccccc21. The highest BCUT2D eigenvalue weighted by Gasteiger charge is 2.21. The Labute approximate surface area is 76.1 Å². The summed E-state index contributed by atoms with van der Waals surface area (Å²) >= 11 is 0. The van der Waals surface area contributed by atoms with E-state index in [4.69, 9.17) is 0 Å². The lowest BCUT2D eigenvalue weighted by atomic mass is 10.1. The second-order valence-electron chi connectivity index (χ2n) is 2.68. The Kier molecular flexibility index (Phi) is 1.63. The van der Waals surface area contributed by atoms with Gasteiger partial charge in [-0.3, -0.25) is 0 Å². The van der Waals surface area contributed by atoms with Crippen molar-refractivity contribution in [3.63, 3.8) is 0 Å². The summed E-state index contributed by atoms with van der Waals surface area (Å²) in [5.41, 5.74) is 1.18. The average molecular weight is 197 g/mol. The van der Waals surface area contributed by atoms with Crippen LogP contribution < -0.4 is 4.18 Å². The smallest absolute Gasteiger partial charge is 0.365 e. The quantitative estimate of drug-likeness (QED) is 0.626.